The minimum Gasteiger partial charge on any atom is -0.481 e. The molecule has 0 aliphatic rings. The van der Waals surface area contributed by atoms with Gasteiger partial charge in [0.15, 0.2) is 23.0 Å². The van der Waals surface area contributed by atoms with Crippen LogP contribution in [0.4, 0.5) is 20.3 Å². The van der Waals surface area contributed by atoms with Crippen molar-refractivity contribution in [3.05, 3.63) is 83.9 Å². The number of carbonyl (C=O) groups is 1. The van der Waals surface area contributed by atoms with Crippen molar-refractivity contribution < 1.29 is 23.0 Å². The van der Waals surface area contributed by atoms with Crippen LogP contribution in [-0.2, 0) is 6.42 Å². The summed E-state index contributed by atoms with van der Waals surface area (Å²) in [6.45, 7) is 4.13. The SMILES string of the molecule is CCc1cc(Nc2nccn3c(-c4ccc(Oc5nccc(OC)n5)c(F)c4F)cnc23)ccc1C(=O)N[C@@H](C)CN. The fraction of sp³-hybridized carbons (Fsp3) is 0.207. The molecule has 0 aliphatic heterocycles. The molecule has 2 aromatic carbocycles. The lowest BCUT2D eigenvalue weighted by atomic mass is 10.0. The van der Waals surface area contributed by atoms with Crippen LogP contribution in [0.15, 0.2) is 61.2 Å². The third-order valence-corrected chi connectivity index (χ3v) is 6.49. The van der Waals surface area contributed by atoms with Crippen LogP contribution < -0.4 is 25.8 Å². The molecule has 0 unspecified atom stereocenters. The number of ether oxygens (including phenoxy) is 2. The predicted octanol–water partition coefficient (Wildman–Crippen LogP) is 4.65. The van der Waals surface area contributed by atoms with E-state index in [9.17, 15) is 4.79 Å². The van der Waals surface area contributed by atoms with Gasteiger partial charge in [-0.05, 0) is 49.2 Å². The summed E-state index contributed by atoms with van der Waals surface area (Å²) in [6.07, 6.45) is 6.53. The zero-order chi connectivity index (χ0) is 29.8. The number of anilines is 2. The quantitative estimate of drug-likeness (QED) is 0.217. The molecule has 42 heavy (non-hydrogen) atoms. The number of rotatable bonds is 10. The number of methoxy groups -OCH3 is 1. The average Bonchev–Trinajstić information content (AvgIpc) is 3.44. The summed E-state index contributed by atoms with van der Waals surface area (Å²) in [4.78, 5) is 29.3. The standard InChI is InChI=1S/C29H28F2N8O3/c1-4-17-13-18(5-6-19(17)28(40)36-16(2)14-32)37-26-27-35-15-21(39(27)12-11-33-26)20-7-8-22(25(31)24(20)30)42-29-34-10-9-23(38-29)41-3/h5-13,15-16H,4,14,32H2,1-3H3,(H,33,37)(H,36,40)/t16-/m0/s1. The Morgan fingerprint density at radius 1 is 1.10 bits per heavy atom. The summed E-state index contributed by atoms with van der Waals surface area (Å²) >= 11 is 0. The van der Waals surface area contributed by atoms with Crippen molar-refractivity contribution in [2.45, 2.75) is 26.3 Å². The van der Waals surface area contributed by atoms with Crippen molar-refractivity contribution in [2.24, 2.45) is 5.73 Å². The lowest BCUT2D eigenvalue weighted by Gasteiger charge is -2.15. The number of hydrogen-bond donors (Lipinski definition) is 3. The number of nitrogens with one attached hydrogen (secondary N) is 2. The van der Waals surface area contributed by atoms with Crippen LogP contribution in [0.5, 0.6) is 17.6 Å². The Bertz CT molecular complexity index is 1760. The van der Waals surface area contributed by atoms with Crippen molar-refractivity contribution in [2.75, 3.05) is 19.0 Å². The molecule has 0 bridgehead atoms. The first-order chi connectivity index (χ1) is 20.3. The van der Waals surface area contributed by atoms with Crippen molar-refractivity contribution >= 4 is 23.1 Å². The first kappa shape index (κ1) is 28.4. The Morgan fingerprint density at radius 2 is 1.93 bits per heavy atom. The molecule has 3 aromatic heterocycles. The van der Waals surface area contributed by atoms with Gasteiger partial charge in [0.2, 0.25) is 11.7 Å². The first-order valence-corrected chi connectivity index (χ1v) is 13.1. The maximum Gasteiger partial charge on any atom is 0.325 e. The average molecular weight is 575 g/mol. The van der Waals surface area contributed by atoms with Gasteiger partial charge in [-0.1, -0.05) is 6.92 Å². The Kier molecular flexibility index (Phi) is 8.20. The van der Waals surface area contributed by atoms with Crippen LogP contribution in [0, 0.1) is 11.6 Å². The number of hydrogen-bond acceptors (Lipinski definition) is 9. The highest BCUT2D eigenvalue weighted by Gasteiger charge is 2.21. The predicted molar refractivity (Wildman–Crippen MR) is 152 cm³/mol. The number of aryl methyl sites for hydroxylation is 1. The largest absolute Gasteiger partial charge is 0.481 e. The number of nitrogens with zero attached hydrogens (tertiary/aromatic N) is 5. The second-order valence-corrected chi connectivity index (χ2v) is 9.30. The van der Waals surface area contributed by atoms with Gasteiger partial charge in [-0.25, -0.2) is 19.3 Å². The number of nitrogens with two attached hydrogens (primary N) is 1. The Morgan fingerprint density at radius 3 is 2.69 bits per heavy atom. The van der Waals surface area contributed by atoms with E-state index in [-0.39, 0.29) is 35.2 Å². The summed E-state index contributed by atoms with van der Waals surface area (Å²) in [5.74, 6) is -2.33. The third-order valence-electron chi connectivity index (χ3n) is 6.49. The second-order valence-electron chi connectivity index (χ2n) is 9.30. The lowest BCUT2D eigenvalue weighted by molar-refractivity contribution is 0.0940. The van der Waals surface area contributed by atoms with Gasteiger partial charge in [-0.15, -0.1) is 0 Å². The molecule has 216 valence electrons. The van der Waals surface area contributed by atoms with E-state index in [4.69, 9.17) is 15.2 Å². The summed E-state index contributed by atoms with van der Waals surface area (Å²) in [5.41, 5.74) is 8.34. The highest BCUT2D eigenvalue weighted by Crippen LogP contribution is 2.33. The number of carbonyl (C=O) groups excluding carboxylic acids is 1. The minimum atomic E-state index is -1.21. The van der Waals surface area contributed by atoms with Crippen molar-refractivity contribution in [3.8, 4) is 28.9 Å². The number of benzene rings is 2. The van der Waals surface area contributed by atoms with E-state index in [1.165, 1.54) is 43.9 Å². The van der Waals surface area contributed by atoms with Crippen LogP contribution in [0.1, 0.15) is 29.8 Å². The van der Waals surface area contributed by atoms with Gasteiger partial charge < -0.3 is 25.8 Å². The molecule has 13 heteroatoms. The van der Waals surface area contributed by atoms with E-state index in [2.05, 4.69) is 30.6 Å². The first-order valence-electron chi connectivity index (χ1n) is 13.1. The van der Waals surface area contributed by atoms with Gasteiger partial charge in [-0.3, -0.25) is 9.20 Å². The molecule has 0 fully saturated rings. The van der Waals surface area contributed by atoms with E-state index in [1.807, 2.05) is 19.9 Å². The molecule has 1 atom stereocenters. The van der Waals surface area contributed by atoms with Crippen molar-refractivity contribution in [1.82, 2.24) is 29.7 Å². The number of amides is 1. The molecule has 4 N–H and O–H groups in total. The molecule has 0 saturated heterocycles. The van der Waals surface area contributed by atoms with Gasteiger partial charge in [0.1, 0.15) is 0 Å². The van der Waals surface area contributed by atoms with Crippen LogP contribution in [0.3, 0.4) is 0 Å². The summed E-state index contributed by atoms with van der Waals surface area (Å²) in [6, 6.07) is 9.17. The topological polar surface area (TPSA) is 142 Å². The zero-order valence-corrected chi connectivity index (χ0v) is 23.1. The van der Waals surface area contributed by atoms with E-state index < -0.39 is 11.6 Å². The molecule has 5 rings (SSSR count). The minimum absolute atomic E-state index is 0.0357. The maximum absolute atomic E-state index is 15.3. The molecule has 11 nitrogen and oxygen atoms in total. The fourth-order valence-electron chi connectivity index (χ4n) is 4.28. The van der Waals surface area contributed by atoms with E-state index in [1.54, 1.807) is 22.7 Å². The number of aromatic nitrogens is 5. The lowest BCUT2D eigenvalue weighted by Crippen LogP contribution is -2.38. The monoisotopic (exact) mass is 574 g/mol. The molecule has 0 radical (unpaired) electrons. The fourth-order valence-corrected chi connectivity index (χ4v) is 4.28. The maximum atomic E-state index is 15.3. The smallest absolute Gasteiger partial charge is 0.325 e. The van der Waals surface area contributed by atoms with Gasteiger partial charge in [0, 0.05) is 54.1 Å². The molecule has 5 aromatic rings. The van der Waals surface area contributed by atoms with Gasteiger partial charge in [-0.2, -0.15) is 9.37 Å². The Balaban J connectivity index is 1.42. The second kappa shape index (κ2) is 12.1. The molecule has 0 aliphatic carbocycles. The number of fused-ring (bicyclic) bond motifs is 1. The van der Waals surface area contributed by atoms with E-state index in [0.29, 0.717) is 41.4 Å². The normalized spacial score (nSPS) is 11.8. The van der Waals surface area contributed by atoms with Gasteiger partial charge in [0.25, 0.3) is 5.91 Å². The summed E-state index contributed by atoms with van der Waals surface area (Å²) in [7, 11) is 1.41. The molecular weight excluding hydrogens is 546 g/mol. The van der Waals surface area contributed by atoms with Crippen molar-refractivity contribution in [1.29, 1.82) is 0 Å². The number of halogens is 2. The zero-order valence-electron chi connectivity index (χ0n) is 23.1. The van der Waals surface area contributed by atoms with Gasteiger partial charge in [0.05, 0.1) is 19.0 Å². The number of imidazole rings is 1. The highest BCUT2D eigenvalue weighted by molar-refractivity contribution is 5.96. The highest BCUT2D eigenvalue weighted by atomic mass is 19.2. The Labute approximate surface area is 239 Å². The van der Waals surface area contributed by atoms with Crippen molar-refractivity contribution in [3.63, 3.8) is 0 Å². The molecule has 0 spiro atoms. The third kappa shape index (κ3) is 5.67. The van der Waals surface area contributed by atoms with Gasteiger partial charge >= 0.3 is 6.01 Å². The van der Waals surface area contributed by atoms with E-state index in [0.717, 1.165) is 5.56 Å². The summed E-state index contributed by atoms with van der Waals surface area (Å²) < 4.78 is 42.3. The molecular formula is C29H28F2N8O3. The van der Waals surface area contributed by atoms with Crippen LogP contribution >= 0.6 is 0 Å². The van der Waals surface area contributed by atoms with Crippen LogP contribution in [-0.4, -0.2) is 49.9 Å². The van der Waals surface area contributed by atoms with E-state index >= 15 is 8.78 Å². The summed E-state index contributed by atoms with van der Waals surface area (Å²) in [5, 5.41) is 6.09. The van der Waals surface area contributed by atoms with Crippen LogP contribution in [0.2, 0.25) is 0 Å². The molecule has 1 amide bonds. The molecule has 3 heterocycles. The Hall–Kier alpha value is -5.17. The molecule has 0 saturated carbocycles. The van der Waals surface area contributed by atoms with Crippen LogP contribution in [0.25, 0.3) is 16.9 Å².